The summed E-state index contributed by atoms with van der Waals surface area (Å²) < 4.78 is 34.7. The van der Waals surface area contributed by atoms with Gasteiger partial charge in [-0.3, -0.25) is 18.6 Å². The average Bonchev–Trinajstić information content (AvgIpc) is 3.46. The predicted molar refractivity (Wildman–Crippen MR) is 353 cm³/mol. The topological polar surface area (TPSA) is 108 Å². The molecule has 9 nitrogen and oxygen atoms in total. The maximum Gasteiger partial charge on any atom is 0.472 e. The summed E-state index contributed by atoms with van der Waals surface area (Å²) in [5.74, 6) is -0.800. The molecule has 2 atom stereocenters. The molecule has 0 bridgehead atoms. The zero-order valence-corrected chi connectivity index (χ0v) is 54.6. The molecular formula is C72H127NO8P+. The van der Waals surface area contributed by atoms with E-state index in [0.717, 1.165) is 89.9 Å². The molecule has 2 unspecified atom stereocenters. The summed E-state index contributed by atoms with van der Waals surface area (Å²) >= 11 is 0. The van der Waals surface area contributed by atoms with E-state index in [1.807, 2.05) is 21.1 Å². The monoisotopic (exact) mass is 1160 g/mol. The Morgan fingerprint density at radius 3 is 1.04 bits per heavy atom. The van der Waals surface area contributed by atoms with Gasteiger partial charge in [0.05, 0.1) is 27.7 Å². The van der Waals surface area contributed by atoms with E-state index in [-0.39, 0.29) is 32.0 Å². The molecule has 1 N–H and O–H groups in total. The van der Waals surface area contributed by atoms with E-state index < -0.39 is 26.5 Å². The van der Waals surface area contributed by atoms with Crippen LogP contribution in [0.25, 0.3) is 0 Å². The fourth-order valence-corrected chi connectivity index (χ4v) is 9.89. The SMILES string of the molecule is CC/C=C\C/C=C\C/C=C\C/C=C\C/C=C\C/C=C\CCCCCCCCCCCCCCCCC(=O)OC(COC(=O)CCCCCCCCCCCC/C=C\C/C=C\C/C=C\CCCCCCC)COP(=O)(O)OCC[N+](C)(C)C. The number of phosphoric ester groups is 1. The maximum atomic E-state index is 12.9. The van der Waals surface area contributed by atoms with Crippen molar-refractivity contribution in [2.24, 2.45) is 0 Å². The normalized spacial score (nSPS) is 13.9. The molecule has 0 saturated heterocycles. The number of nitrogens with zero attached hydrogens (tertiary/aromatic N) is 1. The summed E-state index contributed by atoms with van der Waals surface area (Å²) in [5, 5.41) is 0. The average molecular weight is 1170 g/mol. The minimum absolute atomic E-state index is 0.0271. The highest BCUT2D eigenvalue weighted by molar-refractivity contribution is 7.47. The van der Waals surface area contributed by atoms with Gasteiger partial charge in [0.2, 0.25) is 0 Å². The Morgan fingerprint density at radius 1 is 0.390 bits per heavy atom. The second-order valence-electron chi connectivity index (χ2n) is 23.5. The fraction of sp³-hybridized carbons (Fsp3) is 0.722. The first kappa shape index (κ1) is 78.7. The van der Waals surface area contributed by atoms with Crippen LogP contribution >= 0.6 is 7.82 Å². The van der Waals surface area contributed by atoms with Gasteiger partial charge < -0.3 is 18.9 Å². The van der Waals surface area contributed by atoms with Gasteiger partial charge >= 0.3 is 19.8 Å². The van der Waals surface area contributed by atoms with Crippen LogP contribution in [0.2, 0.25) is 0 Å². The lowest BCUT2D eigenvalue weighted by atomic mass is 10.0. The number of carbonyl (C=O) groups is 2. The molecule has 0 aliphatic carbocycles. The molecular weight excluding hydrogens is 1040 g/mol. The van der Waals surface area contributed by atoms with Crippen molar-refractivity contribution in [1.29, 1.82) is 0 Å². The van der Waals surface area contributed by atoms with Crippen molar-refractivity contribution in [3.8, 4) is 0 Å². The van der Waals surface area contributed by atoms with Crippen LogP contribution < -0.4 is 0 Å². The molecule has 0 aliphatic heterocycles. The van der Waals surface area contributed by atoms with E-state index in [0.29, 0.717) is 17.4 Å². The second kappa shape index (κ2) is 62.2. The number of likely N-dealkylation sites (N-methyl/N-ethyl adjacent to an activating group) is 1. The van der Waals surface area contributed by atoms with E-state index in [2.05, 4.69) is 123 Å². The van der Waals surface area contributed by atoms with E-state index in [4.69, 9.17) is 18.5 Å². The van der Waals surface area contributed by atoms with Gasteiger partial charge in [0, 0.05) is 12.8 Å². The van der Waals surface area contributed by atoms with Crippen molar-refractivity contribution < 1.29 is 42.1 Å². The number of carbonyl (C=O) groups excluding carboxylic acids is 2. The Kier molecular flexibility index (Phi) is 59.7. The van der Waals surface area contributed by atoms with Crippen molar-refractivity contribution in [3.05, 3.63) is 109 Å². The maximum absolute atomic E-state index is 12.9. The van der Waals surface area contributed by atoms with Gasteiger partial charge in [0.1, 0.15) is 19.8 Å². The number of ether oxygens (including phenoxy) is 2. The Balaban J connectivity index is 4.09. The highest BCUT2D eigenvalue weighted by Crippen LogP contribution is 2.43. The van der Waals surface area contributed by atoms with Gasteiger partial charge in [-0.05, 0) is 103 Å². The first-order valence-electron chi connectivity index (χ1n) is 33.6. The smallest absolute Gasteiger partial charge is 0.462 e. The van der Waals surface area contributed by atoms with Gasteiger partial charge in [-0.2, -0.15) is 0 Å². The Hall–Kier alpha value is -3.33. The van der Waals surface area contributed by atoms with Crippen LogP contribution in [-0.4, -0.2) is 74.9 Å². The molecule has 0 heterocycles. The minimum atomic E-state index is -4.40. The third-order valence-electron chi connectivity index (χ3n) is 14.3. The van der Waals surface area contributed by atoms with Gasteiger partial charge in [-0.15, -0.1) is 0 Å². The molecule has 0 aromatic heterocycles. The molecule has 0 aromatic rings. The zero-order chi connectivity index (χ0) is 59.8. The van der Waals surface area contributed by atoms with E-state index in [9.17, 15) is 19.0 Å². The second-order valence-corrected chi connectivity index (χ2v) is 24.9. The standard InChI is InChI=1S/C72H126NO8P/c1-6-8-10-12-14-16-18-20-22-24-26-28-30-32-33-34-35-36-37-38-39-41-43-45-47-49-51-53-55-57-59-61-63-65-72(75)81-70(69-80-82(76,77)79-67-66-73(3,4)5)68-78-71(74)64-62-60-58-56-54-52-50-48-46-44-42-40-31-29-27-25-23-21-19-17-15-13-11-9-7-2/h8,10,14,16,19-22,25-28,31-33,35-36,40,70H,6-7,9,11-13,15,17-18,23-24,29-30,34,37-39,41-69H2,1-5H3/p+1/b10-8-,16-14-,21-19-,22-20-,27-25-,28-26-,33-32-,36-35-,40-31-. The van der Waals surface area contributed by atoms with Crippen molar-refractivity contribution in [2.45, 2.75) is 290 Å². The van der Waals surface area contributed by atoms with Gasteiger partial charge in [0.25, 0.3) is 0 Å². The van der Waals surface area contributed by atoms with Crippen LogP contribution in [0.1, 0.15) is 284 Å². The molecule has 0 aromatic carbocycles. The molecule has 472 valence electrons. The molecule has 0 spiro atoms. The van der Waals surface area contributed by atoms with Crippen LogP contribution in [0.3, 0.4) is 0 Å². The number of quaternary nitrogens is 1. The number of unbranched alkanes of at least 4 members (excludes halogenated alkanes) is 29. The number of rotatable bonds is 61. The largest absolute Gasteiger partial charge is 0.472 e. The number of allylic oxidation sites excluding steroid dienone is 18. The Labute approximate surface area is 506 Å². The lowest BCUT2D eigenvalue weighted by Gasteiger charge is -2.24. The lowest BCUT2D eigenvalue weighted by molar-refractivity contribution is -0.870. The van der Waals surface area contributed by atoms with Crippen LogP contribution in [0.15, 0.2) is 109 Å². The van der Waals surface area contributed by atoms with Gasteiger partial charge in [-0.1, -0.05) is 277 Å². The minimum Gasteiger partial charge on any atom is -0.462 e. The van der Waals surface area contributed by atoms with E-state index >= 15 is 0 Å². The summed E-state index contributed by atoms with van der Waals surface area (Å²) in [4.78, 5) is 35.8. The van der Waals surface area contributed by atoms with Gasteiger partial charge in [0.15, 0.2) is 6.10 Å². The molecule has 0 fully saturated rings. The number of hydrogen-bond acceptors (Lipinski definition) is 7. The summed E-state index contributed by atoms with van der Waals surface area (Å²) in [6.07, 6.45) is 87.4. The highest BCUT2D eigenvalue weighted by Gasteiger charge is 2.27. The molecule has 82 heavy (non-hydrogen) atoms. The summed E-state index contributed by atoms with van der Waals surface area (Å²) in [5.41, 5.74) is 0. The first-order valence-corrected chi connectivity index (χ1v) is 35.1. The summed E-state index contributed by atoms with van der Waals surface area (Å²) in [6, 6.07) is 0. The van der Waals surface area contributed by atoms with Crippen LogP contribution in [-0.2, 0) is 32.7 Å². The van der Waals surface area contributed by atoms with Crippen LogP contribution in [0.4, 0.5) is 0 Å². The number of phosphoric acid groups is 1. The quantitative estimate of drug-likeness (QED) is 0.0211. The molecule has 0 saturated carbocycles. The van der Waals surface area contributed by atoms with E-state index in [1.54, 1.807) is 0 Å². The highest BCUT2D eigenvalue weighted by atomic mass is 31.2. The molecule has 0 amide bonds. The molecule has 0 rings (SSSR count). The van der Waals surface area contributed by atoms with E-state index in [1.165, 1.54) is 161 Å². The molecule has 0 radical (unpaired) electrons. The number of hydrogen-bond donors (Lipinski definition) is 1. The van der Waals surface area contributed by atoms with Crippen molar-refractivity contribution >= 4 is 19.8 Å². The van der Waals surface area contributed by atoms with Crippen LogP contribution in [0.5, 0.6) is 0 Å². The lowest BCUT2D eigenvalue weighted by Crippen LogP contribution is -2.37. The van der Waals surface area contributed by atoms with Crippen molar-refractivity contribution in [2.75, 3.05) is 47.5 Å². The fourth-order valence-electron chi connectivity index (χ4n) is 9.15. The zero-order valence-electron chi connectivity index (χ0n) is 53.7. The van der Waals surface area contributed by atoms with Crippen LogP contribution in [0, 0.1) is 0 Å². The number of esters is 2. The Morgan fingerprint density at radius 2 is 0.695 bits per heavy atom. The third-order valence-corrected chi connectivity index (χ3v) is 15.3. The summed E-state index contributed by atoms with van der Waals surface area (Å²) in [6.45, 7) is 4.32. The summed E-state index contributed by atoms with van der Waals surface area (Å²) in [7, 11) is 1.47. The van der Waals surface area contributed by atoms with Crippen molar-refractivity contribution in [3.63, 3.8) is 0 Å². The van der Waals surface area contributed by atoms with Gasteiger partial charge in [-0.25, -0.2) is 4.57 Å². The molecule has 10 heteroatoms. The third kappa shape index (κ3) is 65.8. The molecule has 0 aliphatic rings. The Bertz CT molecular complexity index is 1750. The van der Waals surface area contributed by atoms with Crippen molar-refractivity contribution in [1.82, 2.24) is 0 Å². The first-order chi connectivity index (χ1) is 40.0. The predicted octanol–water partition coefficient (Wildman–Crippen LogP) is 21.7.